The van der Waals surface area contributed by atoms with Crippen molar-refractivity contribution in [3.8, 4) is 0 Å². The summed E-state index contributed by atoms with van der Waals surface area (Å²) in [6, 6.07) is 18.2. The molecule has 0 bridgehead atoms. The zero-order chi connectivity index (χ0) is 27.8. The van der Waals surface area contributed by atoms with E-state index in [-0.39, 0.29) is 5.91 Å². The number of benzene rings is 2. The molecular formula is C29H40N8O3. The molecule has 1 amide bonds. The lowest BCUT2D eigenvalue weighted by Crippen LogP contribution is -2.28. The van der Waals surface area contributed by atoms with Gasteiger partial charge in [0.15, 0.2) is 0 Å². The molecule has 1 saturated carbocycles. The van der Waals surface area contributed by atoms with Crippen LogP contribution in [-0.2, 0) is 22.4 Å². The number of carbonyl (C=O) groups is 1. The molecular weight excluding hydrogens is 508 g/mol. The van der Waals surface area contributed by atoms with E-state index in [4.69, 9.17) is 15.2 Å². The van der Waals surface area contributed by atoms with E-state index in [0.29, 0.717) is 75.5 Å². The van der Waals surface area contributed by atoms with Crippen molar-refractivity contribution >= 4 is 23.8 Å². The van der Waals surface area contributed by atoms with E-state index >= 15 is 0 Å². The zero-order valence-electron chi connectivity index (χ0n) is 22.9. The van der Waals surface area contributed by atoms with Gasteiger partial charge in [0, 0.05) is 37.8 Å². The van der Waals surface area contributed by atoms with Crippen molar-refractivity contribution in [1.82, 2.24) is 20.3 Å². The highest BCUT2D eigenvalue weighted by Gasteiger charge is 2.19. The largest absolute Gasteiger partial charge is 0.378 e. The van der Waals surface area contributed by atoms with Gasteiger partial charge in [-0.25, -0.2) is 0 Å². The summed E-state index contributed by atoms with van der Waals surface area (Å²) in [6.07, 6.45) is 4.35. The van der Waals surface area contributed by atoms with Gasteiger partial charge in [-0.05, 0) is 48.9 Å². The van der Waals surface area contributed by atoms with Crippen molar-refractivity contribution < 1.29 is 14.3 Å². The van der Waals surface area contributed by atoms with E-state index in [1.807, 2.05) is 30.3 Å². The van der Waals surface area contributed by atoms with Crippen LogP contribution >= 0.6 is 0 Å². The molecule has 0 aliphatic heterocycles. The Balaban J connectivity index is 1.24. The van der Waals surface area contributed by atoms with Crippen LogP contribution in [0.1, 0.15) is 40.7 Å². The Morgan fingerprint density at radius 2 is 1.50 bits per heavy atom. The molecule has 1 heterocycles. The Bertz CT molecular complexity index is 1160. The second kappa shape index (κ2) is 16.3. The summed E-state index contributed by atoms with van der Waals surface area (Å²) >= 11 is 0. The smallest absolute Gasteiger partial charge is 0.251 e. The minimum absolute atomic E-state index is 0.141. The maximum Gasteiger partial charge on any atom is 0.251 e. The van der Waals surface area contributed by atoms with Crippen LogP contribution < -0.4 is 27.0 Å². The average Bonchev–Trinajstić information content (AvgIpc) is 2.96. The van der Waals surface area contributed by atoms with Crippen LogP contribution in [0, 0.1) is 0 Å². The highest BCUT2D eigenvalue weighted by Crippen LogP contribution is 2.22. The molecule has 11 heteroatoms. The van der Waals surface area contributed by atoms with Crippen LogP contribution in [0.3, 0.4) is 0 Å². The first-order valence-electron chi connectivity index (χ1n) is 14.0. The summed E-state index contributed by atoms with van der Waals surface area (Å²) < 4.78 is 10.7. The molecule has 11 nitrogen and oxygen atoms in total. The molecule has 0 saturated heterocycles. The van der Waals surface area contributed by atoms with Gasteiger partial charge in [0.25, 0.3) is 5.91 Å². The molecule has 0 unspecified atom stereocenters. The molecule has 1 aliphatic carbocycles. The maximum atomic E-state index is 12.4. The number of nitrogens with two attached hydrogens (primary N) is 1. The number of carbonyl (C=O) groups excluding carboxylic acids is 1. The second-order valence-electron chi connectivity index (χ2n) is 9.56. The van der Waals surface area contributed by atoms with Crippen LogP contribution in [-0.4, -0.2) is 73.0 Å². The number of rotatable bonds is 18. The third-order valence-electron chi connectivity index (χ3n) is 6.45. The van der Waals surface area contributed by atoms with Crippen molar-refractivity contribution in [2.45, 2.75) is 38.3 Å². The topological polar surface area (TPSA) is 148 Å². The van der Waals surface area contributed by atoms with E-state index < -0.39 is 0 Å². The molecule has 1 aliphatic rings. The number of ether oxygens (including phenoxy) is 2. The number of nitrogens with zero attached hydrogens (tertiary/aromatic N) is 3. The predicted molar refractivity (Wildman–Crippen MR) is 157 cm³/mol. The molecule has 0 atom stereocenters. The fraction of sp³-hybridized carbons (Fsp3) is 0.448. The number of aromatic nitrogens is 3. The molecule has 2 aromatic carbocycles. The third-order valence-corrected chi connectivity index (χ3v) is 6.45. The fourth-order valence-corrected chi connectivity index (χ4v) is 4.00. The van der Waals surface area contributed by atoms with Crippen molar-refractivity contribution in [3.05, 3.63) is 71.3 Å². The molecule has 1 fully saturated rings. The Labute approximate surface area is 235 Å². The first-order chi connectivity index (χ1) is 19.7. The number of amides is 1. The normalized spacial score (nSPS) is 12.9. The lowest BCUT2D eigenvalue weighted by atomic mass is 9.93. The molecule has 1 aromatic heterocycles. The number of hydrogen-bond donors (Lipinski definition) is 5. The van der Waals surface area contributed by atoms with Gasteiger partial charge >= 0.3 is 0 Å². The average molecular weight is 549 g/mol. The first kappa shape index (κ1) is 29.2. The second-order valence-corrected chi connectivity index (χ2v) is 9.56. The highest BCUT2D eigenvalue weighted by atomic mass is 16.5. The first-order valence-corrected chi connectivity index (χ1v) is 14.0. The third kappa shape index (κ3) is 10.1. The summed E-state index contributed by atoms with van der Waals surface area (Å²) in [4.78, 5) is 26.1. The van der Waals surface area contributed by atoms with Gasteiger partial charge in [-0.2, -0.15) is 15.0 Å². The van der Waals surface area contributed by atoms with Crippen LogP contribution in [0.5, 0.6) is 0 Å². The van der Waals surface area contributed by atoms with Gasteiger partial charge in [-0.3, -0.25) is 4.79 Å². The SMILES string of the molecule is NCCOCCOCCNC(=O)c1ccc(CNc2nc(NCCc3ccccc3)nc(NC3CCC3)n2)cc1. The van der Waals surface area contributed by atoms with Gasteiger partial charge < -0.3 is 36.5 Å². The summed E-state index contributed by atoms with van der Waals surface area (Å²) in [5.74, 6) is 1.46. The quantitative estimate of drug-likeness (QED) is 0.150. The Morgan fingerprint density at radius 3 is 2.20 bits per heavy atom. The van der Waals surface area contributed by atoms with Crippen molar-refractivity contribution in [2.75, 3.05) is 62.0 Å². The molecule has 3 aromatic rings. The molecule has 6 N–H and O–H groups in total. The van der Waals surface area contributed by atoms with Gasteiger partial charge in [0.1, 0.15) is 0 Å². The van der Waals surface area contributed by atoms with Crippen LogP contribution in [0.2, 0.25) is 0 Å². The Hall–Kier alpha value is -3.80. The van der Waals surface area contributed by atoms with E-state index in [2.05, 4.69) is 48.4 Å². The molecule has 4 rings (SSSR count). The minimum atomic E-state index is -0.141. The van der Waals surface area contributed by atoms with E-state index in [0.717, 1.165) is 31.4 Å². The summed E-state index contributed by atoms with van der Waals surface area (Å²) in [7, 11) is 0. The summed E-state index contributed by atoms with van der Waals surface area (Å²) in [5.41, 5.74) is 8.21. The predicted octanol–water partition coefficient (Wildman–Crippen LogP) is 2.82. The Kier molecular flexibility index (Phi) is 11.9. The summed E-state index contributed by atoms with van der Waals surface area (Å²) in [6.45, 7) is 4.07. The maximum absolute atomic E-state index is 12.4. The number of hydrogen-bond acceptors (Lipinski definition) is 10. The zero-order valence-corrected chi connectivity index (χ0v) is 22.9. The molecule has 40 heavy (non-hydrogen) atoms. The van der Waals surface area contributed by atoms with Crippen LogP contribution in [0.15, 0.2) is 54.6 Å². The molecule has 214 valence electrons. The van der Waals surface area contributed by atoms with E-state index in [9.17, 15) is 4.79 Å². The molecule has 0 spiro atoms. The standard InChI is InChI=1S/C29H40N8O3/c30-14-17-39-19-20-40-18-16-31-26(38)24-11-9-23(10-12-24)21-33-28-35-27(32-15-13-22-5-2-1-3-6-22)36-29(37-28)34-25-7-4-8-25/h1-3,5-6,9-12,25H,4,7-8,13-21,30H2,(H,31,38)(H3,32,33,34,35,36,37). The Morgan fingerprint density at radius 1 is 0.800 bits per heavy atom. The monoisotopic (exact) mass is 548 g/mol. The minimum Gasteiger partial charge on any atom is -0.378 e. The lowest BCUT2D eigenvalue weighted by Gasteiger charge is -2.26. The highest BCUT2D eigenvalue weighted by molar-refractivity contribution is 5.94. The van der Waals surface area contributed by atoms with Gasteiger partial charge in [-0.1, -0.05) is 42.5 Å². The molecule has 0 radical (unpaired) electrons. The van der Waals surface area contributed by atoms with E-state index in [1.54, 1.807) is 12.1 Å². The van der Waals surface area contributed by atoms with Crippen LogP contribution in [0.25, 0.3) is 0 Å². The fourth-order valence-electron chi connectivity index (χ4n) is 4.00. The van der Waals surface area contributed by atoms with Gasteiger partial charge in [-0.15, -0.1) is 0 Å². The number of nitrogens with one attached hydrogen (secondary N) is 4. The van der Waals surface area contributed by atoms with Crippen molar-refractivity contribution in [3.63, 3.8) is 0 Å². The summed E-state index contributed by atoms with van der Waals surface area (Å²) in [5, 5.41) is 12.9. The van der Waals surface area contributed by atoms with Gasteiger partial charge in [0.05, 0.1) is 26.4 Å². The van der Waals surface area contributed by atoms with Crippen molar-refractivity contribution in [2.24, 2.45) is 5.73 Å². The van der Waals surface area contributed by atoms with Crippen molar-refractivity contribution in [1.29, 1.82) is 0 Å². The number of anilines is 3. The van der Waals surface area contributed by atoms with Crippen LogP contribution in [0.4, 0.5) is 17.8 Å². The lowest BCUT2D eigenvalue weighted by molar-refractivity contribution is 0.0511. The van der Waals surface area contributed by atoms with E-state index in [1.165, 1.54) is 12.0 Å². The van der Waals surface area contributed by atoms with Gasteiger partial charge in [0.2, 0.25) is 17.8 Å².